The molecular formula is C29H32Cl2N2O3. The Balaban J connectivity index is 1.89. The maximum Gasteiger partial charge on any atom is 0.261 e. The van der Waals surface area contributed by atoms with Gasteiger partial charge in [-0.1, -0.05) is 90.6 Å². The summed E-state index contributed by atoms with van der Waals surface area (Å²) in [5.74, 6) is 0.0970. The highest BCUT2D eigenvalue weighted by Crippen LogP contribution is 2.24. The van der Waals surface area contributed by atoms with Crippen molar-refractivity contribution in [3.8, 4) is 5.75 Å². The monoisotopic (exact) mass is 526 g/mol. The van der Waals surface area contributed by atoms with E-state index in [0.717, 1.165) is 29.5 Å². The number of rotatable bonds is 12. The molecule has 0 spiro atoms. The highest BCUT2D eigenvalue weighted by atomic mass is 35.5. The van der Waals surface area contributed by atoms with Crippen LogP contribution < -0.4 is 10.1 Å². The van der Waals surface area contributed by atoms with Gasteiger partial charge in [-0.2, -0.15) is 0 Å². The summed E-state index contributed by atoms with van der Waals surface area (Å²) in [6.07, 6.45) is 2.19. The number of aryl methyl sites for hydroxylation is 1. The number of halogens is 2. The quantitative estimate of drug-likeness (QED) is 0.284. The second kappa shape index (κ2) is 13.9. The molecule has 0 radical (unpaired) electrons. The summed E-state index contributed by atoms with van der Waals surface area (Å²) < 4.78 is 5.79. The first-order chi connectivity index (χ1) is 17.4. The number of carbonyl (C=O) groups is 2. The van der Waals surface area contributed by atoms with Crippen LogP contribution in [0.25, 0.3) is 0 Å². The Morgan fingerprint density at radius 1 is 0.944 bits per heavy atom. The van der Waals surface area contributed by atoms with E-state index in [1.54, 1.807) is 17.0 Å². The Morgan fingerprint density at radius 2 is 1.67 bits per heavy atom. The van der Waals surface area contributed by atoms with Crippen LogP contribution >= 0.6 is 23.2 Å². The van der Waals surface area contributed by atoms with Crippen molar-refractivity contribution in [2.24, 2.45) is 0 Å². The van der Waals surface area contributed by atoms with E-state index in [-0.39, 0.29) is 25.0 Å². The van der Waals surface area contributed by atoms with Crippen LogP contribution in [0.2, 0.25) is 10.0 Å². The van der Waals surface area contributed by atoms with Crippen LogP contribution in [0.3, 0.4) is 0 Å². The van der Waals surface area contributed by atoms with Gasteiger partial charge in [0.05, 0.1) is 10.0 Å². The largest absolute Gasteiger partial charge is 0.484 e. The summed E-state index contributed by atoms with van der Waals surface area (Å²) in [4.78, 5) is 28.5. The highest BCUT2D eigenvalue weighted by Gasteiger charge is 2.30. The number of nitrogens with zero attached hydrogens (tertiary/aromatic N) is 1. The molecule has 0 aromatic heterocycles. The first kappa shape index (κ1) is 27.6. The summed E-state index contributed by atoms with van der Waals surface area (Å²) in [6, 6.07) is 21.7. The van der Waals surface area contributed by atoms with E-state index in [2.05, 4.69) is 12.2 Å². The maximum absolute atomic E-state index is 13.6. The molecule has 0 aliphatic carbocycles. The molecule has 0 aliphatic heterocycles. The van der Waals surface area contributed by atoms with Gasteiger partial charge in [-0.3, -0.25) is 9.59 Å². The fourth-order valence-electron chi connectivity index (χ4n) is 3.76. The molecule has 0 saturated carbocycles. The number of ether oxygens (including phenoxy) is 1. The third-order valence-electron chi connectivity index (χ3n) is 5.82. The molecule has 1 N–H and O–H groups in total. The van der Waals surface area contributed by atoms with E-state index < -0.39 is 6.04 Å². The summed E-state index contributed by atoms with van der Waals surface area (Å²) >= 11 is 12.4. The molecule has 0 fully saturated rings. The third kappa shape index (κ3) is 8.28. The molecule has 190 valence electrons. The van der Waals surface area contributed by atoms with Gasteiger partial charge in [-0.15, -0.1) is 0 Å². The number of hydrogen-bond donors (Lipinski definition) is 1. The van der Waals surface area contributed by atoms with E-state index in [0.29, 0.717) is 28.8 Å². The van der Waals surface area contributed by atoms with Crippen LogP contribution in [0.15, 0.2) is 72.8 Å². The van der Waals surface area contributed by atoms with Gasteiger partial charge in [0.1, 0.15) is 11.8 Å². The molecule has 36 heavy (non-hydrogen) atoms. The Morgan fingerprint density at radius 3 is 2.33 bits per heavy atom. The molecular weight excluding hydrogens is 495 g/mol. The summed E-state index contributed by atoms with van der Waals surface area (Å²) in [6.45, 7) is 4.59. The van der Waals surface area contributed by atoms with Gasteiger partial charge in [-0.25, -0.2) is 0 Å². The molecule has 1 atom stereocenters. The maximum atomic E-state index is 13.6. The van der Waals surface area contributed by atoms with E-state index >= 15 is 0 Å². The lowest BCUT2D eigenvalue weighted by molar-refractivity contribution is -0.142. The SMILES string of the molecule is CCCCNC(=O)[C@H](Cc1ccccc1)N(Cc1ccc(Cl)c(Cl)c1)C(=O)COc1ccc(C)cc1. The molecule has 0 bridgehead atoms. The third-order valence-corrected chi connectivity index (χ3v) is 6.56. The Labute approximate surface area is 223 Å². The predicted octanol–water partition coefficient (Wildman–Crippen LogP) is 6.24. The molecule has 0 aliphatic rings. The van der Waals surface area contributed by atoms with Crippen molar-refractivity contribution >= 4 is 35.0 Å². The van der Waals surface area contributed by atoms with E-state index in [4.69, 9.17) is 27.9 Å². The van der Waals surface area contributed by atoms with Crippen molar-refractivity contribution in [1.82, 2.24) is 10.2 Å². The number of nitrogens with one attached hydrogen (secondary N) is 1. The lowest BCUT2D eigenvalue weighted by Crippen LogP contribution is -2.51. The number of carbonyl (C=O) groups excluding carboxylic acids is 2. The van der Waals surface area contributed by atoms with Crippen molar-refractivity contribution in [1.29, 1.82) is 0 Å². The minimum Gasteiger partial charge on any atom is -0.484 e. The Kier molecular flexibility index (Phi) is 10.6. The Bertz CT molecular complexity index is 1140. The van der Waals surface area contributed by atoms with Gasteiger partial charge >= 0.3 is 0 Å². The van der Waals surface area contributed by atoms with Gasteiger partial charge < -0.3 is 15.0 Å². The zero-order valence-electron chi connectivity index (χ0n) is 20.7. The van der Waals surface area contributed by atoms with E-state index in [1.165, 1.54) is 0 Å². The van der Waals surface area contributed by atoms with Crippen LogP contribution in [0, 0.1) is 6.92 Å². The first-order valence-electron chi connectivity index (χ1n) is 12.1. The number of hydrogen-bond acceptors (Lipinski definition) is 3. The van der Waals surface area contributed by atoms with Crippen molar-refractivity contribution in [2.45, 2.75) is 45.7 Å². The fourth-order valence-corrected chi connectivity index (χ4v) is 4.08. The molecule has 5 nitrogen and oxygen atoms in total. The van der Waals surface area contributed by atoms with Gasteiger partial charge in [0.15, 0.2) is 6.61 Å². The second-order valence-corrected chi connectivity index (χ2v) is 9.54. The zero-order chi connectivity index (χ0) is 25.9. The highest BCUT2D eigenvalue weighted by molar-refractivity contribution is 6.42. The summed E-state index contributed by atoms with van der Waals surface area (Å²) in [5, 5.41) is 3.83. The molecule has 2 amide bonds. The van der Waals surface area contributed by atoms with Gasteiger partial charge in [0, 0.05) is 19.5 Å². The van der Waals surface area contributed by atoms with Gasteiger partial charge in [0.2, 0.25) is 5.91 Å². The van der Waals surface area contributed by atoms with Gasteiger partial charge in [0.25, 0.3) is 5.91 Å². The average molecular weight is 527 g/mol. The van der Waals surface area contributed by atoms with Crippen molar-refractivity contribution in [3.63, 3.8) is 0 Å². The van der Waals surface area contributed by atoms with Crippen LogP contribution in [0.5, 0.6) is 5.75 Å². The number of unbranched alkanes of at least 4 members (excludes halogenated alkanes) is 1. The van der Waals surface area contributed by atoms with Crippen molar-refractivity contribution < 1.29 is 14.3 Å². The average Bonchev–Trinajstić information content (AvgIpc) is 2.88. The molecule has 0 heterocycles. The molecule has 3 aromatic rings. The minimum atomic E-state index is -0.729. The standard InChI is InChI=1S/C29H32Cl2N2O3/c1-3-4-16-32-29(35)27(18-22-8-6-5-7-9-22)33(19-23-12-15-25(30)26(31)17-23)28(34)20-36-24-13-10-21(2)11-14-24/h5-15,17,27H,3-4,16,18-20H2,1-2H3,(H,32,35)/t27-/m0/s1. The number of amides is 2. The summed E-state index contributed by atoms with van der Waals surface area (Å²) in [7, 11) is 0. The molecule has 7 heteroatoms. The molecule has 0 unspecified atom stereocenters. The lowest BCUT2D eigenvalue weighted by Gasteiger charge is -2.31. The minimum absolute atomic E-state index is 0.186. The molecule has 3 aromatic carbocycles. The normalized spacial score (nSPS) is 11.6. The van der Waals surface area contributed by atoms with Gasteiger partial charge in [-0.05, 0) is 48.7 Å². The van der Waals surface area contributed by atoms with Crippen LogP contribution in [0.4, 0.5) is 0 Å². The second-order valence-electron chi connectivity index (χ2n) is 8.72. The fraction of sp³-hybridized carbons (Fsp3) is 0.310. The van der Waals surface area contributed by atoms with Crippen LogP contribution in [-0.4, -0.2) is 35.9 Å². The van der Waals surface area contributed by atoms with Crippen LogP contribution in [-0.2, 0) is 22.6 Å². The van der Waals surface area contributed by atoms with E-state index in [1.807, 2.05) is 67.6 Å². The smallest absolute Gasteiger partial charge is 0.261 e. The lowest BCUT2D eigenvalue weighted by atomic mass is 10.0. The molecule has 3 rings (SSSR count). The van der Waals surface area contributed by atoms with E-state index in [9.17, 15) is 9.59 Å². The topological polar surface area (TPSA) is 58.6 Å². The van der Waals surface area contributed by atoms with Crippen molar-refractivity contribution in [2.75, 3.05) is 13.2 Å². The number of benzene rings is 3. The van der Waals surface area contributed by atoms with Crippen molar-refractivity contribution in [3.05, 3.63) is 99.5 Å². The van der Waals surface area contributed by atoms with Crippen LogP contribution in [0.1, 0.15) is 36.5 Å². The molecule has 0 saturated heterocycles. The Hall–Kier alpha value is -3.02. The first-order valence-corrected chi connectivity index (χ1v) is 12.9. The predicted molar refractivity (Wildman–Crippen MR) is 146 cm³/mol. The zero-order valence-corrected chi connectivity index (χ0v) is 22.2. The summed E-state index contributed by atoms with van der Waals surface area (Å²) in [5.41, 5.74) is 2.83.